The van der Waals surface area contributed by atoms with E-state index in [0.29, 0.717) is 13.2 Å². The van der Waals surface area contributed by atoms with Crippen LogP contribution in [0.3, 0.4) is 0 Å². The average Bonchev–Trinajstić information content (AvgIpc) is 2.82. The van der Waals surface area contributed by atoms with E-state index >= 15 is 0 Å². The molecule has 2 aromatic rings. The molecule has 5 nitrogen and oxygen atoms in total. The number of rotatable bonds is 3. The van der Waals surface area contributed by atoms with Gasteiger partial charge >= 0.3 is 0 Å². The van der Waals surface area contributed by atoms with Gasteiger partial charge in [0, 0.05) is 28.8 Å². The smallest absolute Gasteiger partial charge is 0.129 e. The molecule has 96 valence electrons. The van der Waals surface area contributed by atoms with Gasteiger partial charge in [0.2, 0.25) is 0 Å². The molecular formula is C14H14N4O. The summed E-state index contributed by atoms with van der Waals surface area (Å²) < 4.78 is 7.86. The Balaban J connectivity index is 2.03. The first-order chi connectivity index (χ1) is 9.29. The fourth-order valence-corrected chi connectivity index (χ4v) is 2.47. The minimum absolute atomic E-state index is 0.0727. The average molecular weight is 254 g/mol. The number of fused-ring (bicyclic) bond motifs is 3. The first-order valence-electron chi connectivity index (χ1n) is 6.24. The lowest BCUT2D eigenvalue weighted by Gasteiger charge is -2.21. The minimum Gasteiger partial charge on any atom is -0.488 e. The molecule has 1 aromatic carbocycles. The lowest BCUT2D eigenvalue weighted by Crippen LogP contribution is -2.13. The SMILES string of the molecule is C[C@H](Cn1ccc2c1-c1ccccc1OC2)N=[N+]=[N-]. The second-order valence-corrected chi connectivity index (χ2v) is 4.68. The predicted octanol–water partition coefficient (Wildman–Crippen LogP) is 3.75. The van der Waals surface area contributed by atoms with E-state index in [1.807, 2.05) is 31.3 Å². The Kier molecular flexibility index (Phi) is 2.89. The highest BCUT2D eigenvalue weighted by Gasteiger charge is 2.20. The van der Waals surface area contributed by atoms with Crippen molar-refractivity contribution in [1.82, 2.24) is 4.57 Å². The van der Waals surface area contributed by atoms with Crippen molar-refractivity contribution >= 4 is 0 Å². The summed E-state index contributed by atoms with van der Waals surface area (Å²) >= 11 is 0. The van der Waals surface area contributed by atoms with Crippen LogP contribution in [0.15, 0.2) is 41.6 Å². The van der Waals surface area contributed by atoms with Crippen LogP contribution in [-0.2, 0) is 13.2 Å². The van der Waals surface area contributed by atoms with E-state index < -0.39 is 0 Å². The fourth-order valence-electron chi connectivity index (χ4n) is 2.47. The van der Waals surface area contributed by atoms with Crippen LogP contribution in [0.1, 0.15) is 12.5 Å². The molecule has 1 aromatic heterocycles. The second-order valence-electron chi connectivity index (χ2n) is 4.68. The summed E-state index contributed by atoms with van der Waals surface area (Å²) in [5.74, 6) is 0.909. The molecule has 1 atom stereocenters. The third-order valence-corrected chi connectivity index (χ3v) is 3.28. The van der Waals surface area contributed by atoms with Crippen LogP contribution in [0.5, 0.6) is 5.75 Å². The lowest BCUT2D eigenvalue weighted by atomic mass is 10.0. The number of benzene rings is 1. The van der Waals surface area contributed by atoms with Gasteiger partial charge in [0.25, 0.3) is 0 Å². The summed E-state index contributed by atoms with van der Waals surface area (Å²) in [5.41, 5.74) is 11.9. The summed E-state index contributed by atoms with van der Waals surface area (Å²) in [5, 5.41) is 3.73. The van der Waals surface area contributed by atoms with Gasteiger partial charge in [-0.1, -0.05) is 24.2 Å². The first kappa shape index (κ1) is 11.7. The van der Waals surface area contributed by atoms with Crippen molar-refractivity contribution in [1.29, 1.82) is 0 Å². The quantitative estimate of drug-likeness (QED) is 0.467. The molecule has 0 spiro atoms. The molecule has 5 heteroatoms. The number of hydrogen-bond acceptors (Lipinski definition) is 2. The molecule has 19 heavy (non-hydrogen) atoms. The number of azide groups is 1. The van der Waals surface area contributed by atoms with Gasteiger partial charge in [0.05, 0.1) is 11.7 Å². The largest absolute Gasteiger partial charge is 0.488 e. The normalized spacial score (nSPS) is 13.7. The molecule has 0 saturated heterocycles. The maximum absolute atomic E-state index is 8.49. The van der Waals surface area contributed by atoms with Crippen LogP contribution in [0.25, 0.3) is 21.7 Å². The maximum Gasteiger partial charge on any atom is 0.129 e. The topological polar surface area (TPSA) is 62.9 Å². The van der Waals surface area contributed by atoms with E-state index in [4.69, 9.17) is 10.3 Å². The minimum atomic E-state index is -0.0727. The van der Waals surface area contributed by atoms with Crippen molar-refractivity contribution in [3.8, 4) is 17.0 Å². The maximum atomic E-state index is 8.49. The Labute approximate surface area is 111 Å². The lowest BCUT2D eigenvalue weighted by molar-refractivity contribution is 0.301. The van der Waals surface area contributed by atoms with Crippen LogP contribution in [0.4, 0.5) is 0 Å². The molecule has 0 fully saturated rings. The van der Waals surface area contributed by atoms with Crippen molar-refractivity contribution in [3.63, 3.8) is 0 Å². The number of ether oxygens (including phenoxy) is 1. The van der Waals surface area contributed by atoms with E-state index in [0.717, 1.165) is 11.3 Å². The molecule has 0 radical (unpaired) electrons. The van der Waals surface area contributed by atoms with E-state index in [-0.39, 0.29) is 6.04 Å². The van der Waals surface area contributed by atoms with E-state index in [9.17, 15) is 0 Å². The molecule has 2 heterocycles. The van der Waals surface area contributed by atoms with Crippen molar-refractivity contribution in [2.24, 2.45) is 5.11 Å². The van der Waals surface area contributed by atoms with Crippen molar-refractivity contribution in [2.45, 2.75) is 26.1 Å². The Morgan fingerprint density at radius 3 is 3.11 bits per heavy atom. The molecule has 1 aliphatic heterocycles. The van der Waals surface area contributed by atoms with Gasteiger partial charge in [0.15, 0.2) is 0 Å². The van der Waals surface area contributed by atoms with Crippen LogP contribution >= 0.6 is 0 Å². The summed E-state index contributed by atoms with van der Waals surface area (Å²) in [6, 6.07) is 10.0. The molecule has 0 saturated carbocycles. The van der Waals surface area contributed by atoms with Gasteiger partial charge < -0.3 is 9.30 Å². The summed E-state index contributed by atoms with van der Waals surface area (Å²) in [6.45, 7) is 3.18. The second kappa shape index (κ2) is 4.71. The van der Waals surface area contributed by atoms with Crippen molar-refractivity contribution in [3.05, 3.63) is 52.5 Å². The molecule has 1 aliphatic rings. The first-order valence-corrected chi connectivity index (χ1v) is 6.24. The van der Waals surface area contributed by atoms with Crippen LogP contribution in [0, 0.1) is 0 Å². The zero-order chi connectivity index (χ0) is 13.2. The highest BCUT2D eigenvalue weighted by Crippen LogP contribution is 2.37. The molecule has 0 unspecified atom stereocenters. The highest BCUT2D eigenvalue weighted by molar-refractivity contribution is 5.72. The van der Waals surface area contributed by atoms with Crippen molar-refractivity contribution in [2.75, 3.05) is 0 Å². The fraction of sp³-hybridized carbons (Fsp3) is 0.286. The number of hydrogen-bond donors (Lipinski definition) is 0. The van der Waals surface area contributed by atoms with E-state index in [2.05, 4.69) is 26.7 Å². The van der Waals surface area contributed by atoms with Gasteiger partial charge in [-0.3, -0.25) is 0 Å². The summed E-state index contributed by atoms with van der Waals surface area (Å²) in [6.07, 6.45) is 2.03. The van der Waals surface area contributed by atoms with E-state index in [1.54, 1.807) is 0 Å². The van der Waals surface area contributed by atoms with Crippen molar-refractivity contribution < 1.29 is 4.74 Å². The number of aromatic nitrogens is 1. The molecule has 0 amide bonds. The standard InChI is InChI=1S/C14H14N4O/c1-10(16-17-15)8-18-7-6-11-9-19-13-5-3-2-4-12(13)14(11)18/h2-7,10H,8-9H2,1H3/t10-/m1/s1. The zero-order valence-electron chi connectivity index (χ0n) is 10.7. The molecular weight excluding hydrogens is 240 g/mol. The van der Waals surface area contributed by atoms with Gasteiger partial charge in [-0.25, -0.2) is 0 Å². The third kappa shape index (κ3) is 2.04. The van der Waals surface area contributed by atoms with Gasteiger partial charge in [0.1, 0.15) is 12.4 Å². The van der Waals surface area contributed by atoms with Gasteiger partial charge in [-0.15, -0.1) is 0 Å². The Bertz CT molecular complexity index is 655. The molecule has 0 N–H and O–H groups in total. The Morgan fingerprint density at radius 2 is 2.26 bits per heavy atom. The zero-order valence-corrected chi connectivity index (χ0v) is 10.7. The molecule has 0 aliphatic carbocycles. The summed E-state index contributed by atoms with van der Waals surface area (Å²) in [7, 11) is 0. The monoisotopic (exact) mass is 254 g/mol. The van der Waals surface area contributed by atoms with Crippen LogP contribution in [0.2, 0.25) is 0 Å². The van der Waals surface area contributed by atoms with Gasteiger partial charge in [-0.2, -0.15) is 0 Å². The Hall–Kier alpha value is -2.39. The van der Waals surface area contributed by atoms with E-state index in [1.165, 1.54) is 11.3 Å². The number of para-hydroxylation sites is 1. The molecule has 0 bridgehead atoms. The summed E-state index contributed by atoms with van der Waals surface area (Å²) in [4.78, 5) is 2.86. The Morgan fingerprint density at radius 1 is 1.42 bits per heavy atom. The van der Waals surface area contributed by atoms with Crippen LogP contribution < -0.4 is 4.74 Å². The molecule has 3 rings (SSSR count). The van der Waals surface area contributed by atoms with Gasteiger partial charge in [-0.05, 0) is 23.7 Å². The third-order valence-electron chi connectivity index (χ3n) is 3.28. The van der Waals surface area contributed by atoms with Crippen LogP contribution in [-0.4, -0.2) is 10.6 Å². The highest BCUT2D eigenvalue weighted by atomic mass is 16.5. The number of nitrogens with zero attached hydrogens (tertiary/aromatic N) is 4. The predicted molar refractivity (Wildman–Crippen MR) is 72.8 cm³/mol.